The summed E-state index contributed by atoms with van der Waals surface area (Å²) in [5.74, 6) is -0.207. The third-order valence-corrected chi connectivity index (χ3v) is 5.40. The summed E-state index contributed by atoms with van der Waals surface area (Å²) in [5.41, 5.74) is 3.56. The predicted molar refractivity (Wildman–Crippen MR) is 112 cm³/mol. The van der Waals surface area contributed by atoms with Gasteiger partial charge in [-0.25, -0.2) is 4.39 Å². The molecule has 6 rings (SSSR count). The average Bonchev–Trinajstić information content (AvgIpc) is 3.11. The smallest absolute Gasteiger partial charge is 0.136 e. The van der Waals surface area contributed by atoms with Gasteiger partial charge in [-0.2, -0.15) is 0 Å². The van der Waals surface area contributed by atoms with Gasteiger partial charge in [-0.3, -0.25) is 4.98 Å². The lowest BCUT2D eigenvalue weighted by Gasteiger charge is -2.09. The van der Waals surface area contributed by atoms with Crippen molar-refractivity contribution < 1.29 is 8.81 Å². The first kappa shape index (κ1) is 15.3. The Morgan fingerprint density at radius 3 is 2.32 bits per heavy atom. The quantitative estimate of drug-likeness (QED) is 0.291. The van der Waals surface area contributed by atoms with Gasteiger partial charge in [-0.1, -0.05) is 48.5 Å². The Morgan fingerprint density at radius 2 is 1.36 bits per heavy atom. The summed E-state index contributed by atoms with van der Waals surface area (Å²) in [5, 5.41) is 5.71. The van der Waals surface area contributed by atoms with E-state index in [1.165, 1.54) is 6.07 Å². The maximum atomic E-state index is 14.2. The molecule has 0 fully saturated rings. The summed E-state index contributed by atoms with van der Waals surface area (Å²) in [4.78, 5) is 4.63. The van der Waals surface area contributed by atoms with E-state index in [0.717, 1.165) is 49.4 Å². The largest absolute Gasteiger partial charge is 0.456 e. The fourth-order valence-corrected chi connectivity index (χ4v) is 4.09. The summed E-state index contributed by atoms with van der Waals surface area (Å²) < 4.78 is 20.2. The number of nitrogens with zero attached hydrogens (tertiary/aromatic N) is 1. The Labute approximate surface area is 159 Å². The van der Waals surface area contributed by atoms with Gasteiger partial charge in [-0.15, -0.1) is 0 Å². The first-order valence-electron chi connectivity index (χ1n) is 9.17. The second kappa shape index (κ2) is 5.64. The minimum Gasteiger partial charge on any atom is -0.456 e. The average molecular weight is 363 g/mol. The Bertz CT molecular complexity index is 1530. The summed E-state index contributed by atoms with van der Waals surface area (Å²) in [6.07, 6.45) is 1.78. The maximum absolute atomic E-state index is 14.2. The Balaban J connectivity index is 1.64. The molecule has 0 amide bonds. The molecule has 0 bridgehead atoms. The third kappa shape index (κ3) is 2.10. The lowest BCUT2D eigenvalue weighted by Crippen LogP contribution is -1.88. The van der Waals surface area contributed by atoms with Gasteiger partial charge in [0.25, 0.3) is 0 Å². The molecule has 0 radical (unpaired) electrons. The van der Waals surface area contributed by atoms with Crippen LogP contribution in [0.4, 0.5) is 4.39 Å². The highest BCUT2D eigenvalue weighted by molar-refractivity contribution is 6.12. The van der Waals surface area contributed by atoms with E-state index in [2.05, 4.69) is 23.2 Å². The van der Waals surface area contributed by atoms with Crippen LogP contribution in [-0.2, 0) is 0 Å². The summed E-state index contributed by atoms with van der Waals surface area (Å²) in [7, 11) is 0. The van der Waals surface area contributed by atoms with Crippen molar-refractivity contribution in [3.63, 3.8) is 0 Å². The summed E-state index contributed by atoms with van der Waals surface area (Å²) in [6, 6.07) is 25.1. The van der Waals surface area contributed by atoms with Gasteiger partial charge in [0.05, 0.1) is 5.69 Å². The van der Waals surface area contributed by atoms with Gasteiger partial charge in [0.15, 0.2) is 0 Å². The molecule has 3 heteroatoms. The Morgan fingerprint density at radius 1 is 0.607 bits per heavy atom. The van der Waals surface area contributed by atoms with Gasteiger partial charge in [0.1, 0.15) is 17.0 Å². The van der Waals surface area contributed by atoms with Crippen molar-refractivity contribution in [3.05, 3.63) is 90.9 Å². The van der Waals surface area contributed by atoms with E-state index in [1.807, 2.05) is 48.5 Å². The van der Waals surface area contributed by atoms with E-state index in [0.29, 0.717) is 5.39 Å². The molecular formula is C25H14FNO. The van der Waals surface area contributed by atoms with Crippen molar-refractivity contribution >= 4 is 43.5 Å². The number of fused-ring (bicyclic) bond motifs is 6. The van der Waals surface area contributed by atoms with E-state index in [-0.39, 0.29) is 5.82 Å². The zero-order valence-electron chi connectivity index (χ0n) is 14.8. The molecule has 0 aliphatic carbocycles. The van der Waals surface area contributed by atoms with Crippen LogP contribution in [0.15, 0.2) is 89.5 Å². The Kier molecular flexibility index (Phi) is 3.09. The van der Waals surface area contributed by atoms with Gasteiger partial charge in [0.2, 0.25) is 0 Å². The molecule has 0 unspecified atom stereocenters. The third-order valence-electron chi connectivity index (χ3n) is 5.40. The van der Waals surface area contributed by atoms with Gasteiger partial charge < -0.3 is 4.42 Å². The normalized spacial score (nSPS) is 11.8. The van der Waals surface area contributed by atoms with E-state index >= 15 is 0 Å². The number of para-hydroxylation sites is 1. The fraction of sp³-hybridized carbons (Fsp3) is 0. The number of halogens is 1. The molecule has 0 spiro atoms. The molecule has 0 aliphatic heterocycles. The van der Waals surface area contributed by atoms with Crippen LogP contribution in [0.25, 0.3) is 54.7 Å². The van der Waals surface area contributed by atoms with Crippen LogP contribution < -0.4 is 0 Å². The lowest BCUT2D eigenvalue weighted by molar-refractivity contribution is 0.640. The molecule has 6 aromatic rings. The number of pyridine rings is 1. The van der Waals surface area contributed by atoms with Crippen molar-refractivity contribution in [1.29, 1.82) is 0 Å². The van der Waals surface area contributed by atoms with Gasteiger partial charge in [-0.05, 0) is 41.1 Å². The Hall–Kier alpha value is -3.72. The van der Waals surface area contributed by atoms with E-state index in [1.54, 1.807) is 12.3 Å². The van der Waals surface area contributed by atoms with Crippen LogP contribution in [-0.4, -0.2) is 4.98 Å². The number of rotatable bonds is 1. The highest BCUT2D eigenvalue weighted by atomic mass is 19.1. The number of hydrogen-bond acceptors (Lipinski definition) is 2. The van der Waals surface area contributed by atoms with Crippen LogP contribution in [0, 0.1) is 5.82 Å². The minimum absolute atomic E-state index is 0.207. The number of aromatic nitrogens is 1. The van der Waals surface area contributed by atoms with Crippen molar-refractivity contribution in [2.75, 3.05) is 0 Å². The second-order valence-corrected chi connectivity index (χ2v) is 6.96. The van der Waals surface area contributed by atoms with E-state index in [4.69, 9.17) is 4.42 Å². The number of furan rings is 1. The predicted octanol–water partition coefficient (Wildman–Crippen LogP) is 7.09. The van der Waals surface area contributed by atoms with Crippen LogP contribution in [0.1, 0.15) is 0 Å². The topological polar surface area (TPSA) is 26.0 Å². The zero-order valence-corrected chi connectivity index (χ0v) is 14.8. The number of benzene rings is 4. The second-order valence-electron chi connectivity index (χ2n) is 6.96. The fourth-order valence-electron chi connectivity index (χ4n) is 4.09. The van der Waals surface area contributed by atoms with Crippen LogP contribution >= 0.6 is 0 Å². The summed E-state index contributed by atoms with van der Waals surface area (Å²) >= 11 is 0. The molecular weight excluding hydrogens is 349 g/mol. The van der Waals surface area contributed by atoms with Crippen LogP contribution in [0.2, 0.25) is 0 Å². The molecule has 0 aliphatic rings. The van der Waals surface area contributed by atoms with Crippen molar-refractivity contribution in [3.8, 4) is 11.3 Å². The first-order valence-corrected chi connectivity index (χ1v) is 9.17. The van der Waals surface area contributed by atoms with Gasteiger partial charge in [0, 0.05) is 33.3 Å². The summed E-state index contributed by atoms with van der Waals surface area (Å²) in [6.45, 7) is 0. The standard InChI is InChI=1S/C25H14FNO/c26-22-6-3-5-16-17-12-13-27-25(21(17)11-10-18(16)22)15-8-9-20-19-4-1-2-7-23(19)28-24(20)14-15/h1-14H. The first-order chi connectivity index (χ1) is 13.8. The maximum Gasteiger partial charge on any atom is 0.136 e. The van der Waals surface area contributed by atoms with Crippen molar-refractivity contribution in [1.82, 2.24) is 4.98 Å². The highest BCUT2D eigenvalue weighted by Crippen LogP contribution is 2.35. The molecule has 0 saturated heterocycles. The zero-order chi connectivity index (χ0) is 18.7. The molecule has 0 N–H and O–H groups in total. The highest BCUT2D eigenvalue weighted by Gasteiger charge is 2.12. The molecule has 2 aromatic heterocycles. The minimum atomic E-state index is -0.207. The van der Waals surface area contributed by atoms with Crippen LogP contribution in [0.3, 0.4) is 0 Å². The number of hydrogen-bond donors (Lipinski definition) is 0. The molecule has 132 valence electrons. The van der Waals surface area contributed by atoms with Gasteiger partial charge >= 0.3 is 0 Å². The molecule has 28 heavy (non-hydrogen) atoms. The molecule has 2 nitrogen and oxygen atoms in total. The monoisotopic (exact) mass is 363 g/mol. The molecule has 0 atom stereocenters. The molecule has 0 saturated carbocycles. The van der Waals surface area contributed by atoms with Crippen LogP contribution in [0.5, 0.6) is 0 Å². The molecule has 4 aromatic carbocycles. The lowest BCUT2D eigenvalue weighted by atomic mass is 9.98. The van der Waals surface area contributed by atoms with Crippen molar-refractivity contribution in [2.45, 2.75) is 0 Å². The van der Waals surface area contributed by atoms with Crippen molar-refractivity contribution in [2.24, 2.45) is 0 Å². The van der Waals surface area contributed by atoms with E-state index in [9.17, 15) is 4.39 Å². The SMILES string of the molecule is Fc1cccc2c1ccc1c(-c3ccc4c(c3)oc3ccccc34)nccc12. The molecule has 2 heterocycles. The van der Waals surface area contributed by atoms with E-state index < -0.39 is 0 Å².